The van der Waals surface area contributed by atoms with E-state index in [4.69, 9.17) is 4.74 Å². The van der Waals surface area contributed by atoms with E-state index in [1.807, 2.05) is 23.1 Å². The third-order valence-electron chi connectivity index (χ3n) is 5.00. The highest BCUT2D eigenvalue weighted by Crippen LogP contribution is 2.22. The third-order valence-corrected chi connectivity index (χ3v) is 5.00. The second-order valence-electron chi connectivity index (χ2n) is 7.05. The van der Waals surface area contributed by atoms with E-state index in [0.717, 1.165) is 44.9 Å². The van der Waals surface area contributed by atoms with Crippen LogP contribution >= 0.6 is 0 Å². The van der Waals surface area contributed by atoms with Gasteiger partial charge in [-0.2, -0.15) is 5.10 Å². The van der Waals surface area contributed by atoms with Crippen molar-refractivity contribution in [1.82, 2.24) is 19.7 Å². The average Bonchev–Trinajstić information content (AvgIpc) is 3.17. The number of morpholine rings is 1. The fraction of sp³-hybridized carbons (Fsp3) is 0.364. The number of hydrogen-bond acceptors (Lipinski definition) is 4. The van der Waals surface area contributed by atoms with Gasteiger partial charge in [-0.15, -0.1) is 0 Å². The first-order valence-electron chi connectivity index (χ1n) is 9.64. The molecule has 0 radical (unpaired) electrons. The number of aryl methyl sites for hydroxylation is 1. The van der Waals surface area contributed by atoms with E-state index in [2.05, 4.69) is 64.5 Å². The number of nitrogens with zero attached hydrogens (tertiary/aromatic N) is 4. The van der Waals surface area contributed by atoms with Crippen LogP contribution in [0.2, 0.25) is 0 Å². The molecule has 0 saturated carbocycles. The van der Waals surface area contributed by atoms with Crippen LogP contribution in [0.1, 0.15) is 35.4 Å². The standard InChI is InChI=1S/C22H26N4O/c1-2-26-16-20(14-24-26)15-25-10-11-27-22(17-25)21-9-8-19(13-23-21)12-18-6-4-3-5-7-18/h3-9,13-14,16,22H,2,10-12,15,17H2,1H3/t22-/m0/s1. The van der Waals surface area contributed by atoms with Gasteiger partial charge in [-0.3, -0.25) is 14.6 Å². The number of pyridine rings is 1. The Kier molecular flexibility index (Phi) is 5.61. The molecule has 3 heterocycles. The molecule has 0 aliphatic carbocycles. The second kappa shape index (κ2) is 8.46. The van der Waals surface area contributed by atoms with E-state index in [1.165, 1.54) is 16.7 Å². The lowest BCUT2D eigenvalue weighted by Crippen LogP contribution is -2.38. The minimum atomic E-state index is 0.0331. The van der Waals surface area contributed by atoms with Crippen molar-refractivity contribution in [3.8, 4) is 0 Å². The fourth-order valence-corrected chi connectivity index (χ4v) is 3.51. The summed E-state index contributed by atoms with van der Waals surface area (Å²) in [6, 6.07) is 14.8. The Balaban J connectivity index is 1.37. The highest BCUT2D eigenvalue weighted by molar-refractivity contribution is 5.25. The summed E-state index contributed by atoms with van der Waals surface area (Å²) in [7, 11) is 0. The van der Waals surface area contributed by atoms with Crippen LogP contribution in [-0.4, -0.2) is 39.4 Å². The minimum Gasteiger partial charge on any atom is -0.369 e. The monoisotopic (exact) mass is 362 g/mol. The summed E-state index contributed by atoms with van der Waals surface area (Å²) >= 11 is 0. The molecule has 5 nitrogen and oxygen atoms in total. The van der Waals surface area contributed by atoms with Crippen LogP contribution in [0.4, 0.5) is 0 Å². The number of hydrogen-bond donors (Lipinski definition) is 0. The number of ether oxygens (including phenoxy) is 1. The molecule has 2 aromatic heterocycles. The Morgan fingerprint density at radius 1 is 1.04 bits per heavy atom. The molecule has 1 atom stereocenters. The summed E-state index contributed by atoms with van der Waals surface area (Å²) in [5, 5.41) is 4.37. The Morgan fingerprint density at radius 3 is 2.67 bits per heavy atom. The molecule has 1 saturated heterocycles. The lowest BCUT2D eigenvalue weighted by molar-refractivity contribution is -0.0350. The van der Waals surface area contributed by atoms with Gasteiger partial charge in [0.15, 0.2) is 0 Å². The first kappa shape index (κ1) is 17.9. The molecule has 1 aliphatic rings. The van der Waals surface area contributed by atoms with Crippen molar-refractivity contribution in [2.24, 2.45) is 0 Å². The van der Waals surface area contributed by atoms with Crippen LogP contribution in [-0.2, 0) is 24.2 Å². The Labute approximate surface area is 160 Å². The molecule has 1 aromatic carbocycles. The maximum atomic E-state index is 5.99. The average molecular weight is 362 g/mol. The van der Waals surface area contributed by atoms with Crippen LogP contribution in [0.15, 0.2) is 61.1 Å². The molecular weight excluding hydrogens is 336 g/mol. The zero-order valence-corrected chi connectivity index (χ0v) is 15.8. The summed E-state index contributed by atoms with van der Waals surface area (Å²) in [4.78, 5) is 7.11. The molecule has 0 N–H and O–H groups in total. The maximum Gasteiger partial charge on any atom is 0.112 e. The highest BCUT2D eigenvalue weighted by atomic mass is 16.5. The predicted octanol–water partition coefficient (Wildman–Crippen LogP) is 3.46. The molecular formula is C22H26N4O. The number of benzene rings is 1. The quantitative estimate of drug-likeness (QED) is 0.673. The van der Waals surface area contributed by atoms with Gasteiger partial charge in [0.05, 0.1) is 18.5 Å². The van der Waals surface area contributed by atoms with Gasteiger partial charge >= 0.3 is 0 Å². The van der Waals surface area contributed by atoms with Crippen molar-refractivity contribution in [3.05, 3.63) is 83.4 Å². The zero-order valence-electron chi connectivity index (χ0n) is 15.8. The molecule has 4 rings (SSSR count). The van der Waals surface area contributed by atoms with E-state index >= 15 is 0 Å². The number of rotatable bonds is 6. The van der Waals surface area contributed by atoms with Crippen LogP contribution in [0.3, 0.4) is 0 Å². The van der Waals surface area contributed by atoms with Gasteiger partial charge in [0.25, 0.3) is 0 Å². The zero-order chi connectivity index (χ0) is 18.5. The van der Waals surface area contributed by atoms with Gasteiger partial charge in [0.2, 0.25) is 0 Å². The molecule has 140 valence electrons. The van der Waals surface area contributed by atoms with E-state index in [-0.39, 0.29) is 6.10 Å². The predicted molar refractivity (Wildman–Crippen MR) is 105 cm³/mol. The van der Waals surface area contributed by atoms with Crippen molar-refractivity contribution in [1.29, 1.82) is 0 Å². The van der Waals surface area contributed by atoms with E-state index < -0.39 is 0 Å². The lowest BCUT2D eigenvalue weighted by atomic mass is 10.1. The van der Waals surface area contributed by atoms with Crippen molar-refractivity contribution in [2.45, 2.75) is 32.5 Å². The number of aromatic nitrogens is 3. The van der Waals surface area contributed by atoms with Gasteiger partial charge in [-0.1, -0.05) is 36.4 Å². The van der Waals surface area contributed by atoms with Gasteiger partial charge in [0.1, 0.15) is 6.10 Å². The molecule has 0 unspecified atom stereocenters. The minimum absolute atomic E-state index is 0.0331. The molecule has 0 amide bonds. The van der Waals surface area contributed by atoms with E-state index in [9.17, 15) is 0 Å². The molecule has 3 aromatic rings. The van der Waals surface area contributed by atoms with Crippen LogP contribution in [0.5, 0.6) is 0 Å². The van der Waals surface area contributed by atoms with Crippen molar-refractivity contribution in [2.75, 3.05) is 19.7 Å². The topological polar surface area (TPSA) is 43.2 Å². The van der Waals surface area contributed by atoms with Gasteiger partial charge in [-0.05, 0) is 30.5 Å². The molecule has 5 heteroatoms. The highest BCUT2D eigenvalue weighted by Gasteiger charge is 2.23. The summed E-state index contributed by atoms with van der Waals surface area (Å²) in [6.07, 6.45) is 7.01. The fourth-order valence-electron chi connectivity index (χ4n) is 3.51. The van der Waals surface area contributed by atoms with Gasteiger partial charge in [-0.25, -0.2) is 0 Å². The molecule has 0 spiro atoms. The lowest BCUT2D eigenvalue weighted by Gasteiger charge is -2.32. The first-order valence-corrected chi connectivity index (χ1v) is 9.64. The van der Waals surface area contributed by atoms with Gasteiger partial charge in [0, 0.05) is 44.1 Å². The molecule has 1 fully saturated rings. The normalized spacial score (nSPS) is 17.9. The smallest absolute Gasteiger partial charge is 0.112 e. The summed E-state index contributed by atoms with van der Waals surface area (Å²) in [6.45, 7) is 6.47. The summed E-state index contributed by atoms with van der Waals surface area (Å²) in [5.74, 6) is 0. The molecule has 1 aliphatic heterocycles. The SMILES string of the molecule is CCn1cc(CN2CCO[C@H](c3ccc(Cc4ccccc4)cn3)C2)cn1. The van der Waals surface area contributed by atoms with Crippen LogP contribution in [0.25, 0.3) is 0 Å². The Bertz CT molecular complexity index is 844. The van der Waals surface area contributed by atoms with Crippen molar-refractivity contribution < 1.29 is 4.74 Å². The first-order chi connectivity index (χ1) is 13.3. The van der Waals surface area contributed by atoms with Crippen molar-refractivity contribution in [3.63, 3.8) is 0 Å². The largest absolute Gasteiger partial charge is 0.369 e. The van der Waals surface area contributed by atoms with Crippen LogP contribution < -0.4 is 0 Å². The molecule has 27 heavy (non-hydrogen) atoms. The summed E-state index contributed by atoms with van der Waals surface area (Å²) in [5.41, 5.74) is 4.80. The Morgan fingerprint density at radius 2 is 1.93 bits per heavy atom. The van der Waals surface area contributed by atoms with Crippen molar-refractivity contribution >= 4 is 0 Å². The third kappa shape index (κ3) is 4.62. The Hall–Kier alpha value is -2.50. The van der Waals surface area contributed by atoms with E-state index in [0.29, 0.717) is 0 Å². The van der Waals surface area contributed by atoms with Crippen LogP contribution in [0, 0.1) is 0 Å². The maximum absolute atomic E-state index is 5.99. The van der Waals surface area contributed by atoms with Gasteiger partial charge < -0.3 is 4.74 Å². The second-order valence-corrected chi connectivity index (χ2v) is 7.05. The summed E-state index contributed by atoms with van der Waals surface area (Å²) < 4.78 is 7.96. The molecule has 0 bridgehead atoms. The van der Waals surface area contributed by atoms with E-state index in [1.54, 1.807) is 0 Å².